The summed E-state index contributed by atoms with van der Waals surface area (Å²) in [6, 6.07) is 20.5. The summed E-state index contributed by atoms with van der Waals surface area (Å²) in [5.74, 6) is -0.807. The summed E-state index contributed by atoms with van der Waals surface area (Å²) in [6.45, 7) is 4.10. The van der Waals surface area contributed by atoms with E-state index in [1.807, 2.05) is 48.5 Å². The molecule has 0 saturated carbocycles. The molecule has 0 bridgehead atoms. The van der Waals surface area contributed by atoms with Crippen molar-refractivity contribution in [3.05, 3.63) is 84.7 Å². The van der Waals surface area contributed by atoms with Crippen molar-refractivity contribution in [2.45, 2.75) is 63.9 Å². The van der Waals surface area contributed by atoms with Crippen molar-refractivity contribution < 1.29 is 42.1 Å². The molecule has 3 heterocycles. The number of hydrogen-bond acceptors (Lipinski definition) is 12. The number of methoxy groups -OCH3 is 1. The van der Waals surface area contributed by atoms with Gasteiger partial charge in [-0.05, 0) is 29.9 Å². The minimum atomic E-state index is -4.49. The molecule has 0 radical (unpaired) electrons. The zero-order valence-corrected chi connectivity index (χ0v) is 29.4. The lowest BCUT2D eigenvalue weighted by molar-refractivity contribution is -0.148. The van der Waals surface area contributed by atoms with Crippen LogP contribution in [0.5, 0.6) is 11.6 Å². The molecule has 1 unspecified atom stereocenters. The Morgan fingerprint density at radius 3 is 2.59 bits per heavy atom. The van der Waals surface area contributed by atoms with Crippen LogP contribution in [0.1, 0.15) is 26.3 Å². The van der Waals surface area contributed by atoms with Gasteiger partial charge in [0.15, 0.2) is 17.3 Å². The Balaban J connectivity index is 1.24. The van der Waals surface area contributed by atoms with E-state index < -0.39 is 56.3 Å². The number of ether oxygens (including phenoxy) is 3. The Bertz CT molecular complexity index is 2040. The van der Waals surface area contributed by atoms with E-state index in [4.69, 9.17) is 29.0 Å². The number of fused-ring (bicyclic) bond motifs is 2. The van der Waals surface area contributed by atoms with Gasteiger partial charge in [-0.1, -0.05) is 80.6 Å². The van der Waals surface area contributed by atoms with Gasteiger partial charge in [0.25, 0.3) is 0 Å². The highest BCUT2D eigenvalue weighted by molar-refractivity contribution is 7.52. The van der Waals surface area contributed by atoms with Gasteiger partial charge in [0.2, 0.25) is 11.8 Å². The van der Waals surface area contributed by atoms with E-state index in [2.05, 4.69) is 20.0 Å². The van der Waals surface area contributed by atoms with Gasteiger partial charge < -0.3 is 34.1 Å². The number of nitrogens with two attached hydrogens (primary N) is 1. The molecule has 0 aliphatic carbocycles. The maximum Gasteiger partial charge on any atom is 0.459 e. The lowest BCUT2D eigenvalue weighted by Crippen LogP contribution is -2.45. The number of rotatable bonds is 14. The Hall–Kier alpha value is -4.66. The molecule has 5 aromatic rings. The second-order valence-corrected chi connectivity index (χ2v) is 14.5. The van der Waals surface area contributed by atoms with E-state index in [-0.39, 0.29) is 30.7 Å². The number of halogens is 1. The molecule has 1 saturated heterocycles. The van der Waals surface area contributed by atoms with Gasteiger partial charge in [0.1, 0.15) is 36.2 Å². The summed E-state index contributed by atoms with van der Waals surface area (Å²) in [6.07, 6.45) is -3.06. The third kappa shape index (κ3) is 7.82. The molecule has 3 aromatic carbocycles. The number of nitrogen functional groups attached to an aromatic ring is 1. The SMILES string of the molecule is COc1nc(N)nc2c1ncn2C[C@@H]1O[C@H](COP(=O)(N[C@H](C(=O)OCc2ccccc2)C(C)C)Oc2cccc3ccccc23)[C@@H](F)[C@@]1(C)O. The van der Waals surface area contributed by atoms with Crippen LogP contribution in [0.4, 0.5) is 10.3 Å². The van der Waals surface area contributed by atoms with Crippen molar-refractivity contribution in [2.75, 3.05) is 19.5 Å². The minimum absolute atomic E-state index is 0.00651. The predicted octanol–water partition coefficient (Wildman–Crippen LogP) is 4.99. The molecular formula is C35H40FN6O8P. The maximum absolute atomic E-state index is 16.0. The summed E-state index contributed by atoms with van der Waals surface area (Å²) >= 11 is 0. The fourth-order valence-electron chi connectivity index (χ4n) is 5.84. The van der Waals surface area contributed by atoms with E-state index in [1.54, 1.807) is 38.1 Å². The van der Waals surface area contributed by atoms with Crippen LogP contribution in [-0.4, -0.2) is 74.3 Å². The lowest BCUT2D eigenvalue weighted by Gasteiger charge is -2.28. The Labute approximate surface area is 293 Å². The normalized spacial score (nSPS) is 22.2. The van der Waals surface area contributed by atoms with Crippen molar-refractivity contribution in [1.82, 2.24) is 24.6 Å². The second-order valence-electron chi connectivity index (χ2n) is 12.8. The summed E-state index contributed by atoms with van der Waals surface area (Å²) in [5.41, 5.74) is 5.22. The van der Waals surface area contributed by atoms with E-state index in [0.29, 0.717) is 16.6 Å². The first kappa shape index (κ1) is 36.1. The van der Waals surface area contributed by atoms with Gasteiger partial charge >= 0.3 is 13.7 Å². The van der Waals surface area contributed by atoms with E-state index in [9.17, 15) is 14.5 Å². The Morgan fingerprint density at radius 1 is 1.12 bits per heavy atom. The number of imidazole rings is 1. The number of hydrogen-bond donors (Lipinski definition) is 3. The maximum atomic E-state index is 16.0. The van der Waals surface area contributed by atoms with Gasteiger partial charge in [-0.3, -0.25) is 9.32 Å². The first-order chi connectivity index (χ1) is 24.4. The van der Waals surface area contributed by atoms with Crippen molar-refractivity contribution >= 4 is 41.6 Å². The topological polar surface area (TPSA) is 182 Å². The number of nitrogens with zero attached hydrogens (tertiary/aromatic N) is 4. The molecule has 1 aliphatic heterocycles. The average Bonchev–Trinajstić information content (AvgIpc) is 3.61. The standard InChI is InChI=1S/C35H40FN6O8P/c1-21(2)28(33(43)47-18-22-11-6-5-7-12-22)41-51(45,50-25-16-10-14-23-13-8-9-15-24(23)25)48-19-26-30(36)35(3,44)27(49-26)17-42-20-38-29-31(42)39-34(37)40-32(29)46-4/h5-16,20-21,26-28,30,44H,17-19H2,1-4H3,(H,41,45)(H2,37,39,40)/t26-,27+,28+,30-,35+,51?/m1/s1. The number of anilines is 1. The van der Waals surface area contributed by atoms with Crippen LogP contribution < -0.4 is 20.1 Å². The van der Waals surface area contributed by atoms with Gasteiger partial charge in [0, 0.05) is 5.39 Å². The predicted molar refractivity (Wildman–Crippen MR) is 187 cm³/mol. The zero-order valence-electron chi connectivity index (χ0n) is 28.5. The van der Waals surface area contributed by atoms with E-state index >= 15 is 4.39 Å². The van der Waals surface area contributed by atoms with Crippen molar-refractivity contribution in [2.24, 2.45) is 5.92 Å². The first-order valence-electron chi connectivity index (χ1n) is 16.3. The molecule has 16 heteroatoms. The molecule has 0 spiro atoms. The van der Waals surface area contributed by atoms with Crippen LogP contribution in [0.3, 0.4) is 0 Å². The molecule has 14 nitrogen and oxygen atoms in total. The number of aliphatic hydroxyl groups is 1. The highest BCUT2D eigenvalue weighted by Gasteiger charge is 2.54. The highest BCUT2D eigenvalue weighted by Crippen LogP contribution is 2.48. The molecule has 270 valence electrons. The van der Waals surface area contributed by atoms with Crippen molar-refractivity contribution in [1.29, 1.82) is 0 Å². The molecule has 2 aromatic heterocycles. The van der Waals surface area contributed by atoms with Crippen LogP contribution in [0.15, 0.2) is 79.1 Å². The van der Waals surface area contributed by atoms with Gasteiger partial charge in [-0.15, -0.1) is 0 Å². The van der Waals surface area contributed by atoms with Gasteiger partial charge in [-0.2, -0.15) is 15.1 Å². The second kappa shape index (κ2) is 14.9. The largest absolute Gasteiger partial charge is 0.479 e. The quantitative estimate of drug-likeness (QED) is 0.103. The van der Waals surface area contributed by atoms with Crippen LogP contribution in [-0.2, 0) is 36.5 Å². The summed E-state index contributed by atoms with van der Waals surface area (Å²) in [4.78, 5) is 25.9. The number of alkyl halides is 1. The molecule has 1 aliphatic rings. The number of esters is 1. The molecule has 0 amide bonds. The Morgan fingerprint density at radius 2 is 1.84 bits per heavy atom. The van der Waals surface area contributed by atoms with Crippen LogP contribution in [0.2, 0.25) is 0 Å². The number of carbonyl (C=O) groups excluding carboxylic acids is 1. The molecule has 1 fully saturated rings. The van der Waals surface area contributed by atoms with Crippen molar-refractivity contribution in [3.8, 4) is 11.6 Å². The zero-order chi connectivity index (χ0) is 36.3. The number of benzene rings is 3. The van der Waals surface area contributed by atoms with Gasteiger partial charge in [-0.25, -0.2) is 13.9 Å². The molecular weight excluding hydrogens is 682 g/mol. The Kier molecular flexibility index (Phi) is 10.6. The van der Waals surface area contributed by atoms with Gasteiger partial charge in [0.05, 0.1) is 26.6 Å². The fraction of sp³-hybridized carbons (Fsp3) is 0.371. The monoisotopic (exact) mass is 722 g/mol. The molecule has 51 heavy (non-hydrogen) atoms. The molecule has 4 N–H and O–H groups in total. The fourth-order valence-corrected chi connectivity index (χ4v) is 7.53. The third-order valence-electron chi connectivity index (χ3n) is 8.70. The van der Waals surface area contributed by atoms with Crippen LogP contribution >= 0.6 is 7.75 Å². The molecule has 6 atom stereocenters. The third-order valence-corrected chi connectivity index (χ3v) is 10.2. The first-order valence-corrected chi connectivity index (χ1v) is 17.9. The number of nitrogens with one attached hydrogen (secondary N) is 1. The number of aromatic nitrogens is 4. The minimum Gasteiger partial charge on any atom is -0.479 e. The van der Waals surface area contributed by atoms with E-state index in [0.717, 1.165) is 10.9 Å². The van der Waals surface area contributed by atoms with Crippen LogP contribution in [0, 0.1) is 5.92 Å². The van der Waals surface area contributed by atoms with Crippen LogP contribution in [0.25, 0.3) is 21.9 Å². The summed E-state index contributed by atoms with van der Waals surface area (Å²) < 4.78 is 61.0. The highest BCUT2D eigenvalue weighted by atomic mass is 31.2. The molecule has 6 rings (SSSR count). The van der Waals surface area contributed by atoms with E-state index in [1.165, 1.54) is 24.9 Å². The lowest BCUT2D eigenvalue weighted by atomic mass is 9.94. The summed E-state index contributed by atoms with van der Waals surface area (Å²) in [7, 11) is -3.07. The summed E-state index contributed by atoms with van der Waals surface area (Å²) in [5, 5.41) is 15.5. The smallest absolute Gasteiger partial charge is 0.459 e. The van der Waals surface area contributed by atoms with Crippen molar-refractivity contribution in [3.63, 3.8) is 0 Å². The average molecular weight is 723 g/mol. The number of carbonyl (C=O) groups is 1.